The molecule has 0 saturated carbocycles. The van der Waals surface area contributed by atoms with Gasteiger partial charge in [0.05, 0.1) is 13.2 Å². The number of alkyl halides is 3. The van der Waals surface area contributed by atoms with Crippen LogP contribution in [0.5, 0.6) is 0 Å². The highest BCUT2D eigenvalue weighted by Gasteiger charge is 2.32. The first-order valence-electron chi connectivity index (χ1n) is 6.86. The van der Waals surface area contributed by atoms with Gasteiger partial charge in [-0.3, -0.25) is 4.90 Å². The predicted octanol–water partition coefficient (Wildman–Crippen LogP) is 2.27. The maximum Gasteiger partial charge on any atom is 0.401 e. The number of rotatable bonds is 6. The lowest BCUT2D eigenvalue weighted by Crippen LogP contribution is -2.50. The highest BCUT2D eigenvalue weighted by atomic mass is 19.4. The molecule has 0 aliphatic carbocycles. The number of ether oxygens (including phenoxy) is 1. The van der Waals surface area contributed by atoms with Gasteiger partial charge in [-0.25, -0.2) is 0 Å². The minimum absolute atomic E-state index is 0.268. The first-order chi connectivity index (χ1) is 8.81. The van der Waals surface area contributed by atoms with Gasteiger partial charge < -0.3 is 10.1 Å². The Morgan fingerprint density at radius 1 is 1.26 bits per heavy atom. The number of piperidine rings is 1. The fourth-order valence-electron chi connectivity index (χ4n) is 2.43. The normalized spacial score (nSPS) is 21.0. The average molecular weight is 282 g/mol. The molecule has 0 spiro atoms. The largest absolute Gasteiger partial charge is 0.401 e. The lowest BCUT2D eigenvalue weighted by atomic mass is 9.99. The number of likely N-dealkylation sites (tertiary alicyclic amines) is 1. The lowest BCUT2D eigenvalue weighted by Gasteiger charge is -2.35. The number of halogens is 3. The van der Waals surface area contributed by atoms with E-state index in [1.165, 1.54) is 4.90 Å². The van der Waals surface area contributed by atoms with Crippen molar-refractivity contribution in [3.8, 4) is 0 Å². The standard InChI is InChI=1S/C13H25F3N2O/c1-10(2)12(8-19-3)17-11-4-6-18(7-5-11)9-13(14,15)16/h10-12,17H,4-9H2,1-3H3. The van der Waals surface area contributed by atoms with E-state index >= 15 is 0 Å². The van der Waals surface area contributed by atoms with Crippen LogP contribution in [-0.4, -0.2) is 56.5 Å². The zero-order valence-corrected chi connectivity index (χ0v) is 12.0. The van der Waals surface area contributed by atoms with Gasteiger partial charge in [0.25, 0.3) is 0 Å². The smallest absolute Gasteiger partial charge is 0.383 e. The van der Waals surface area contributed by atoms with Gasteiger partial charge in [-0.05, 0) is 31.8 Å². The van der Waals surface area contributed by atoms with Gasteiger partial charge >= 0.3 is 6.18 Å². The molecule has 1 N–H and O–H groups in total. The topological polar surface area (TPSA) is 24.5 Å². The molecule has 0 radical (unpaired) electrons. The van der Waals surface area contributed by atoms with Crippen molar-refractivity contribution in [2.75, 3.05) is 33.4 Å². The molecule has 1 aliphatic heterocycles. The molecule has 19 heavy (non-hydrogen) atoms. The predicted molar refractivity (Wildman–Crippen MR) is 69.2 cm³/mol. The third-order valence-corrected chi connectivity index (χ3v) is 3.59. The Kier molecular flexibility index (Phi) is 6.56. The van der Waals surface area contributed by atoms with Crippen molar-refractivity contribution in [1.29, 1.82) is 0 Å². The molecule has 0 bridgehead atoms. The second-order valence-corrected chi connectivity index (χ2v) is 5.64. The van der Waals surface area contributed by atoms with Crippen molar-refractivity contribution in [2.24, 2.45) is 5.92 Å². The van der Waals surface area contributed by atoms with Crippen molar-refractivity contribution >= 4 is 0 Å². The minimum atomic E-state index is -4.09. The summed E-state index contributed by atoms with van der Waals surface area (Å²) in [6.07, 6.45) is -2.55. The van der Waals surface area contributed by atoms with E-state index in [0.29, 0.717) is 31.7 Å². The van der Waals surface area contributed by atoms with Crippen LogP contribution >= 0.6 is 0 Å². The zero-order valence-electron chi connectivity index (χ0n) is 12.0. The van der Waals surface area contributed by atoms with Crippen LogP contribution in [-0.2, 0) is 4.74 Å². The summed E-state index contributed by atoms with van der Waals surface area (Å²) in [5.41, 5.74) is 0. The molecule has 114 valence electrons. The first-order valence-corrected chi connectivity index (χ1v) is 6.86. The van der Waals surface area contributed by atoms with Crippen LogP contribution in [0.3, 0.4) is 0 Å². The number of nitrogens with zero attached hydrogens (tertiary/aromatic N) is 1. The Labute approximate surface area is 113 Å². The molecule has 1 unspecified atom stereocenters. The minimum Gasteiger partial charge on any atom is -0.383 e. The van der Waals surface area contributed by atoms with Crippen LogP contribution in [0, 0.1) is 5.92 Å². The van der Waals surface area contributed by atoms with Gasteiger partial charge in [0.1, 0.15) is 0 Å². The molecule has 1 atom stereocenters. The van der Waals surface area contributed by atoms with Crippen molar-refractivity contribution in [1.82, 2.24) is 10.2 Å². The molecule has 1 aliphatic rings. The molecule has 0 aromatic heterocycles. The van der Waals surface area contributed by atoms with Crippen molar-refractivity contribution in [2.45, 2.75) is 44.9 Å². The maximum atomic E-state index is 12.3. The fraction of sp³-hybridized carbons (Fsp3) is 1.00. The van der Waals surface area contributed by atoms with E-state index in [9.17, 15) is 13.2 Å². The molecule has 0 amide bonds. The molecule has 6 heteroatoms. The van der Waals surface area contributed by atoms with Crippen LogP contribution < -0.4 is 5.32 Å². The number of nitrogens with one attached hydrogen (secondary N) is 1. The molecule has 0 aromatic carbocycles. The Bertz CT molecular complexity index is 251. The van der Waals surface area contributed by atoms with E-state index in [1.807, 2.05) is 0 Å². The Morgan fingerprint density at radius 3 is 2.26 bits per heavy atom. The second kappa shape index (κ2) is 7.45. The van der Waals surface area contributed by atoms with Gasteiger partial charge in [0.15, 0.2) is 0 Å². The van der Waals surface area contributed by atoms with Crippen LogP contribution in [0.2, 0.25) is 0 Å². The molecule has 1 rings (SSSR count). The molecule has 1 saturated heterocycles. The molecular weight excluding hydrogens is 257 g/mol. The summed E-state index contributed by atoms with van der Waals surface area (Å²) in [4.78, 5) is 1.49. The van der Waals surface area contributed by atoms with E-state index in [-0.39, 0.29) is 6.04 Å². The summed E-state index contributed by atoms with van der Waals surface area (Å²) < 4.78 is 42.0. The summed E-state index contributed by atoms with van der Waals surface area (Å²) in [5, 5.41) is 3.51. The summed E-state index contributed by atoms with van der Waals surface area (Å²) in [6, 6.07) is 0.566. The maximum absolute atomic E-state index is 12.3. The van der Waals surface area contributed by atoms with Gasteiger partial charge in [0, 0.05) is 19.2 Å². The van der Waals surface area contributed by atoms with E-state index < -0.39 is 12.7 Å². The number of hydrogen-bond donors (Lipinski definition) is 1. The third-order valence-electron chi connectivity index (χ3n) is 3.59. The Balaban J connectivity index is 2.33. The van der Waals surface area contributed by atoms with E-state index in [4.69, 9.17) is 4.74 Å². The first kappa shape index (κ1) is 16.7. The van der Waals surface area contributed by atoms with Crippen molar-refractivity contribution in [3.05, 3.63) is 0 Å². The monoisotopic (exact) mass is 282 g/mol. The zero-order chi connectivity index (χ0) is 14.5. The summed E-state index contributed by atoms with van der Waals surface area (Å²) >= 11 is 0. The molecule has 1 heterocycles. The summed E-state index contributed by atoms with van der Waals surface area (Å²) in [7, 11) is 1.67. The van der Waals surface area contributed by atoms with Crippen LogP contribution in [0.15, 0.2) is 0 Å². The van der Waals surface area contributed by atoms with Crippen LogP contribution in [0.1, 0.15) is 26.7 Å². The molecular formula is C13H25F3N2O. The van der Waals surface area contributed by atoms with Gasteiger partial charge in [-0.2, -0.15) is 13.2 Å². The molecule has 3 nitrogen and oxygen atoms in total. The average Bonchev–Trinajstić information content (AvgIpc) is 2.29. The van der Waals surface area contributed by atoms with Crippen LogP contribution in [0.25, 0.3) is 0 Å². The van der Waals surface area contributed by atoms with Gasteiger partial charge in [-0.15, -0.1) is 0 Å². The highest BCUT2D eigenvalue weighted by Crippen LogP contribution is 2.20. The van der Waals surface area contributed by atoms with Crippen molar-refractivity contribution in [3.63, 3.8) is 0 Å². The number of hydrogen-bond acceptors (Lipinski definition) is 3. The molecule has 1 fully saturated rings. The summed E-state index contributed by atoms with van der Waals surface area (Å²) in [5.74, 6) is 0.452. The highest BCUT2D eigenvalue weighted by molar-refractivity contribution is 4.82. The van der Waals surface area contributed by atoms with Gasteiger partial charge in [-0.1, -0.05) is 13.8 Å². The third kappa shape index (κ3) is 6.58. The summed E-state index contributed by atoms with van der Waals surface area (Å²) in [6.45, 7) is 5.11. The van der Waals surface area contributed by atoms with Crippen LogP contribution in [0.4, 0.5) is 13.2 Å². The van der Waals surface area contributed by atoms with Gasteiger partial charge in [0.2, 0.25) is 0 Å². The van der Waals surface area contributed by atoms with E-state index in [0.717, 1.165) is 12.8 Å². The van der Waals surface area contributed by atoms with Crippen molar-refractivity contribution < 1.29 is 17.9 Å². The Morgan fingerprint density at radius 2 is 1.84 bits per heavy atom. The van der Waals surface area contributed by atoms with E-state index in [1.54, 1.807) is 7.11 Å². The fourth-order valence-corrected chi connectivity index (χ4v) is 2.43. The van der Waals surface area contributed by atoms with E-state index in [2.05, 4.69) is 19.2 Å². The lowest BCUT2D eigenvalue weighted by molar-refractivity contribution is -0.148. The Hall–Kier alpha value is -0.330. The second-order valence-electron chi connectivity index (χ2n) is 5.64. The quantitative estimate of drug-likeness (QED) is 0.809. The SMILES string of the molecule is COCC(NC1CCN(CC(F)(F)F)CC1)C(C)C. The number of methoxy groups -OCH3 is 1. The molecule has 0 aromatic rings.